The molecule has 0 spiro atoms. The number of allylic oxidation sites excluding steroid dienone is 1. The Morgan fingerprint density at radius 3 is 2.73 bits per heavy atom. The molecule has 0 bridgehead atoms. The molecule has 1 aliphatic heterocycles. The standard InChI is InChI=1S/C22H19BrN4O3/c1-12-19-20(15(10-24)21(25)30-22(19)27-26-12)14-8-17(28-2)18(9-16(14)23)29-11-13-6-4-3-5-7-13/h3-9,20H,11,25H2,1-2H3,(H,26,27)/t20-/m0/s1. The van der Waals surface area contributed by atoms with Crippen LogP contribution in [-0.4, -0.2) is 17.3 Å². The van der Waals surface area contributed by atoms with Gasteiger partial charge in [0.25, 0.3) is 0 Å². The Hall–Kier alpha value is -3.44. The number of rotatable bonds is 5. The molecule has 3 aromatic rings. The predicted molar refractivity (Wildman–Crippen MR) is 114 cm³/mol. The molecule has 0 amide bonds. The van der Waals surface area contributed by atoms with E-state index in [1.165, 1.54) is 0 Å². The van der Waals surface area contributed by atoms with E-state index in [1.54, 1.807) is 7.11 Å². The van der Waals surface area contributed by atoms with Gasteiger partial charge in [-0.25, -0.2) is 0 Å². The number of hydrogen-bond acceptors (Lipinski definition) is 6. The number of aryl methyl sites for hydroxylation is 1. The summed E-state index contributed by atoms with van der Waals surface area (Å²) in [5.41, 5.74) is 9.73. The summed E-state index contributed by atoms with van der Waals surface area (Å²) in [7, 11) is 1.58. The average Bonchev–Trinajstić information content (AvgIpc) is 3.12. The van der Waals surface area contributed by atoms with Crippen LogP contribution in [0.3, 0.4) is 0 Å². The highest BCUT2D eigenvalue weighted by Crippen LogP contribution is 2.47. The molecule has 0 unspecified atom stereocenters. The van der Waals surface area contributed by atoms with Gasteiger partial charge in [-0.2, -0.15) is 5.26 Å². The van der Waals surface area contributed by atoms with Crippen LogP contribution in [-0.2, 0) is 6.61 Å². The number of ether oxygens (including phenoxy) is 3. The number of nitrogens with two attached hydrogens (primary N) is 1. The van der Waals surface area contributed by atoms with Crippen LogP contribution in [0.5, 0.6) is 17.4 Å². The van der Waals surface area contributed by atoms with Gasteiger partial charge in [0.05, 0.1) is 13.0 Å². The van der Waals surface area contributed by atoms with Crippen LogP contribution in [0, 0.1) is 18.3 Å². The van der Waals surface area contributed by atoms with Crippen molar-refractivity contribution in [2.75, 3.05) is 7.11 Å². The van der Waals surface area contributed by atoms with E-state index in [4.69, 9.17) is 19.9 Å². The van der Waals surface area contributed by atoms with Gasteiger partial charge in [0.1, 0.15) is 18.2 Å². The van der Waals surface area contributed by atoms with Gasteiger partial charge in [0, 0.05) is 15.7 Å². The van der Waals surface area contributed by atoms with Crippen LogP contribution in [0.25, 0.3) is 0 Å². The quantitative estimate of drug-likeness (QED) is 0.580. The van der Waals surface area contributed by atoms with Gasteiger partial charge >= 0.3 is 0 Å². The number of halogens is 1. The van der Waals surface area contributed by atoms with Gasteiger partial charge in [-0.1, -0.05) is 46.3 Å². The molecule has 0 aliphatic carbocycles. The SMILES string of the molecule is COc1cc([C@H]2C(C#N)=C(N)Oc3n[nH]c(C)c32)c(Br)cc1OCc1ccccc1. The zero-order valence-electron chi connectivity index (χ0n) is 16.4. The summed E-state index contributed by atoms with van der Waals surface area (Å²) in [5, 5.41) is 16.8. The number of benzene rings is 2. The van der Waals surface area contributed by atoms with Gasteiger partial charge in [0.15, 0.2) is 11.5 Å². The number of nitrogens with zero attached hydrogens (tertiary/aromatic N) is 2. The Kier molecular flexibility index (Phi) is 5.38. The Morgan fingerprint density at radius 1 is 1.27 bits per heavy atom. The van der Waals surface area contributed by atoms with Crippen molar-refractivity contribution in [3.05, 3.63) is 80.8 Å². The number of aromatic amines is 1. The third-order valence-corrected chi connectivity index (χ3v) is 5.65. The minimum absolute atomic E-state index is 0.0387. The number of nitriles is 1. The van der Waals surface area contributed by atoms with Crippen LogP contribution >= 0.6 is 15.9 Å². The second kappa shape index (κ2) is 8.13. The third kappa shape index (κ3) is 3.48. The minimum Gasteiger partial charge on any atom is -0.493 e. The molecule has 7 nitrogen and oxygen atoms in total. The second-order valence-electron chi connectivity index (χ2n) is 6.79. The Morgan fingerprint density at radius 2 is 2.03 bits per heavy atom. The largest absolute Gasteiger partial charge is 0.493 e. The number of hydrogen-bond donors (Lipinski definition) is 2. The van der Waals surface area contributed by atoms with Crippen LogP contribution in [0.2, 0.25) is 0 Å². The van der Waals surface area contributed by atoms with Gasteiger partial charge in [0.2, 0.25) is 11.8 Å². The molecule has 0 fully saturated rings. The first-order valence-corrected chi connectivity index (χ1v) is 9.99. The van der Waals surface area contributed by atoms with Gasteiger partial charge in [-0.15, -0.1) is 5.10 Å². The first-order chi connectivity index (χ1) is 14.5. The molecule has 2 aromatic carbocycles. The first kappa shape index (κ1) is 19.9. The maximum Gasteiger partial charge on any atom is 0.244 e. The highest BCUT2D eigenvalue weighted by molar-refractivity contribution is 9.10. The van der Waals surface area contributed by atoms with Crippen molar-refractivity contribution < 1.29 is 14.2 Å². The van der Waals surface area contributed by atoms with Crippen LogP contribution in [0.4, 0.5) is 0 Å². The average molecular weight is 467 g/mol. The van der Waals surface area contributed by atoms with E-state index in [1.807, 2.05) is 49.4 Å². The van der Waals surface area contributed by atoms with E-state index >= 15 is 0 Å². The molecule has 3 N–H and O–H groups in total. The van der Waals surface area contributed by atoms with Crippen LogP contribution in [0.15, 0.2) is 58.4 Å². The van der Waals surface area contributed by atoms with E-state index in [0.29, 0.717) is 29.6 Å². The molecule has 8 heteroatoms. The lowest BCUT2D eigenvalue weighted by Gasteiger charge is -2.25. The molecule has 0 radical (unpaired) electrons. The molecular formula is C22H19BrN4O3. The Balaban J connectivity index is 1.76. The molecule has 0 saturated carbocycles. The summed E-state index contributed by atoms with van der Waals surface area (Å²) in [5.74, 6) is 1.09. The fourth-order valence-electron chi connectivity index (χ4n) is 3.49. The summed E-state index contributed by atoms with van der Waals surface area (Å²) in [6, 6.07) is 15.7. The third-order valence-electron chi connectivity index (χ3n) is 4.96. The summed E-state index contributed by atoms with van der Waals surface area (Å²) in [6.07, 6.45) is 0. The monoisotopic (exact) mass is 466 g/mol. The lowest BCUT2D eigenvalue weighted by Crippen LogP contribution is -2.21. The fraction of sp³-hybridized carbons (Fsp3) is 0.182. The van der Waals surface area contributed by atoms with E-state index in [0.717, 1.165) is 26.9 Å². The second-order valence-corrected chi connectivity index (χ2v) is 7.65. The van der Waals surface area contributed by atoms with Gasteiger partial charge in [-0.05, 0) is 30.2 Å². The molecule has 1 aromatic heterocycles. The highest BCUT2D eigenvalue weighted by Gasteiger charge is 2.35. The normalized spacial score (nSPS) is 15.2. The van der Waals surface area contributed by atoms with Crippen molar-refractivity contribution in [1.82, 2.24) is 10.2 Å². The number of aromatic nitrogens is 2. The Bertz CT molecular complexity index is 1170. The van der Waals surface area contributed by atoms with Crippen LogP contribution < -0.4 is 19.9 Å². The Labute approximate surface area is 182 Å². The summed E-state index contributed by atoms with van der Waals surface area (Å²) >= 11 is 3.63. The fourth-order valence-corrected chi connectivity index (χ4v) is 4.04. The van der Waals surface area contributed by atoms with E-state index in [-0.39, 0.29) is 5.88 Å². The molecule has 1 aliphatic rings. The number of methoxy groups -OCH3 is 1. The van der Waals surface area contributed by atoms with Crippen molar-refractivity contribution in [2.24, 2.45) is 5.73 Å². The molecule has 30 heavy (non-hydrogen) atoms. The first-order valence-electron chi connectivity index (χ1n) is 9.20. The van der Waals surface area contributed by atoms with E-state index in [2.05, 4.69) is 32.2 Å². The number of fused-ring (bicyclic) bond motifs is 1. The number of H-pyrrole nitrogens is 1. The zero-order valence-corrected chi connectivity index (χ0v) is 18.0. The summed E-state index contributed by atoms with van der Waals surface area (Å²) < 4.78 is 17.9. The maximum atomic E-state index is 9.76. The van der Waals surface area contributed by atoms with Crippen LogP contribution in [0.1, 0.15) is 28.3 Å². The van der Waals surface area contributed by atoms with E-state index < -0.39 is 5.92 Å². The van der Waals surface area contributed by atoms with Crippen molar-refractivity contribution in [1.29, 1.82) is 5.26 Å². The molecule has 2 heterocycles. The molecule has 1 atom stereocenters. The van der Waals surface area contributed by atoms with E-state index in [9.17, 15) is 5.26 Å². The van der Waals surface area contributed by atoms with Crippen molar-refractivity contribution in [3.8, 4) is 23.4 Å². The van der Waals surface area contributed by atoms with Crippen molar-refractivity contribution in [3.63, 3.8) is 0 Å². The lowest BCUT2D eigenvalue weighted by molar-refractivity contribution is 0.284. The minimum atomic E-state index is -0.455. The molecule has 0 saturated heterocycles. The van der Waals surface area contributed by atoms with Crippen molar-refractivity contribution >= 4 is 15.9 Å². The predicted octanol–water partition coefficient (Wildman–Crippen LogP) is 4.29. The molecule has 4 rings (SSSR count). The van der Waals surface area contributed by atoms with Gasteiger partial charge in [-0.3, -0.25) is 5.10 Å². The number of nitrogens with one attached hydrogen (secondary N) is 1. The smallest absolute Gasteiger partial charge is 0.244 e. The zero-order chi connectivity index (χ0) is 21.3. The summed E-state index contributed by atoms with van der Waals surface area (Å²) in [4.78, 5) is 0. The lowest BCUT2D eigenvalue weighted by atomic mass is 9.84. The molecule has 152 valence electrons. The topological polar surface area (TPSA) is 106 Å². The maximum absolute atomic E-state index is 9.76. The molecular weight excluding hydrogens is 448 g/mol. The van der Waals surface area contributed by atoms with Gasteiger partial charge < -0.3 is 19.9 Å². The highest BCUT2D eigenvalue weighted by atomic mass is 79.9. The summed E-state index contributed by atoms with van der Waals surface area (Å²) in [6.45, 7) is 2.28. The van der Waals surface area contributed by atoms with Crippen molar-refractivity contribution in [2.45, 2.75) is 19.4 Å².